The van der Waals surface area contributed by atoms with Gasteiger partial charge in [0.25, 0.3) is 5.91 Å². The van der Waals surface area contributed by atoms with Gasteiger partial charge >= 0.3 is 0 Å². The van der Waals surface area contributed by atoms with E-state index in [-0.39, 0.29) is 17.8 Å². The number of hydrogen-bond acceptors (Lipinski definition) is 7. The second-order valence-corrected chi connectivity index (χ2v) is 11.3. The molecule has 3 aromatic rings. The van der Waals surface area contributed by atoms with E-state index < -0.39 is 0 Å². The van der Waals surface area contributed by atoms with Crippen molar-refractivity contribution in [2.45, 2.75) is 46.1 Å². The molecule has 2 fully saturated rings. The molecule has 1 atom stereocenters. The van der Waals surface area contributed by atoms with Crippen LogP contribution in [0.4, 0.5) is 15.9 Å². The smallest absolute Gasteiger partial charge is 0.254 e. The molecule has 2 saturated heterocycles. The highest BCUT2D eigenvalue weighted by Gasteiger charge is 2.32. The summed E-state index contributed by atoms with van der Waals surface area (Å²) in [7, 11) is 0. The lowest BCUT2D eigenvalue weighted by atomic mass is 9.83. The number of piperazine rings is 1. The summed E-state index contributed by atoms with van der Waals surface area (Å²) in [5.74, 6) is 0.933. The van der Waals surface area contributed by atoms with Crippen LogP contribution in [0.15, 0.2) is 42.6 Å². The van der Waals surface area contributed by atoms with Crippen LogP contribution in [0.5, 0.6) is 0 Å². The van der Waals surface area contributed by atoms with Crippen molar-refractivity contribution in [2.75, 3.05) is 49.1 Å². The molecule has 0 radical (unpaired) electrons. The van der Waals surface area contributed by atoms with Crippen LogP contribution in [-0.4, -0.2) is 66.3 Å². The first-order valence-corrected chi connectivity index (χ1v) is 14.4. The van der Waals surface area contributed by atoms with Crippen LogP contribution in [0.25, 0.3) is 0 Å². The monoisotopic (exact) mass is 555 g/mol. The summed E-state index contributed by atoms with van der Waals surface area (Å²) in [4.78, 5) is 20.2. The Morgan fingerprint density at radius 2 is 1.88 bits per heavy atom. The standard InChI is InChI=1S/C32H38FN7O/c1-21-15-22(2)31(32(41)39-13-14-40(27(19-35)20-39)30-5-4-10-36-37-30)23(3)28(21)16-24-8-11-38(12-9-24)29-7-6-26(33)17-25(29)18-34/h4-7,10,15,17,24,27H,8-9,11-14,16,19-20,35H2,1-3H3/t27-/m1/s1. The van der Waals surface area contributed by atoms with Crippen LogP contribution in [0.3, 0.4) is 0 Å². The van der Waals surface area contributed by atoms with Crippen molar-refractivity contribution in [1.29, 1.82) is 5.26 Å². The topological polar surface area (TPSA) is 102 Å². The predicted octanol–water partition coefficient (Wildman–Crippen LogP) is 4.16. The third-order valence-electron chi connectivity index (χ3n) is 8.77. The molecule has 1 amide bonds. The Hall–Kier alpha value is -4.03. The van der Waals surface area contributed by atoms with Gasteiger partial charge in [-0.05, 0) is 98.5 Å². The number of amides is 1. The molecule has 2 aromatic carbocycles. The molecule has 2 N–H and O–H groups in total. The molecule has 9 heteroatoms. The third-order valence-corrected chi connectivity index (χ3v) is 8.77. The van der Waals surface area contributed by atoms with Gasteiger partial charge in [0.1, 0.15) is 11.9 Å². The Balaban J connectivity index is 1.29. The Labute approximate surface area is 241 Å². The number of aromatic nitrogens is 2. The number of nitriles is 1. The summed E-state index contributed by atoms with van der Waals surface area (Å²) >= 11 is 0. The lowest BCUT2D eigenvalue weighted by Gasteiger charge is -2.41. The number of halogens is 1. The summed E-state index contributed by atoms with van der Waals surface area (Å²) in [5.41, 5.74) is 12.7. The van der Waals surface area contributed by atoms with E-state index in [1.165, 1.54) is 23.3 Å². The molecule has 1 aromatic heterocycles. The predicted molar refractivity (Wildman–Crippen MR) is 159 cm³/mol. The molecule has 8 nitrogen and oxygen atoms in total. The average molecular weight is 556 g/mol. The molecule has 5 rings (SSSR count). The zero-order chi connectivity index (χ0) is 29.1. The molecule has 214 valence electrons. The first kappa shape index (κ1) is 28.5. The number of nitrogens with two attached hydrogens (primary N) is 1. The van der Waals surface area contributed by atoms with Crippen LogP contribution < -0.4 is 15.5 Å². The third kappa shape index (κ3) is 5.89. The fourth-order valence-corrected chi connectivity index (χ4v) is 6.56. The molecular weight excluding hydrogens is 517 g/mol. The van der Waals surface area contributed by atoms with Gasteiger partial charge < -0.3 is 20.4 Å². The maximum Gasteiger partial charge on any atom is 0.254 e. The van der Waals surface area contributed by atoms with E-state index in [9.17, 15) is 14.4 Å². The van der Waals surface area contributed by atoms with Crippen LogP contribution in [0, 0.1) is 43.8 Å². The lowest BCUT2D eigenvalue weighted by Crippen LogP contribution is -2.57. The van der Waals surface area contributed by atoms with Gasteiger partial charge in [-0.15, -0.1) is 5.10 Å². The molecule has 2 aliphatic rings. The van der Waals surface area contributed by atoms with Crippen LogP contribution in [-0.2, 0) is 6.42 Å². The van der Waals surface area contributed by atoms with Gasteiger partial charge in [0.05, 0.1) is 17.3 Å². The van der Waals surface area contributed by atoms with Crippen molar-refractivity contribution in [3.05, 3.63) is 81.8 Å². The SMILES string of the molecule is Cc1cc(C)c(C(=O)N2CCN(c3cccnn3)[C@H](CN)C2)c(C)c1CC1CCN(c2ccc(F)cc2C#N)CC1. The largest absolute Gasteiger partial charge is 0.370 e. The van der Waals surface area contributed by atoms with Crippen LogP contribution in [0.1, 0.15) is 51.0 Å². The van der Waals surface area contributed by atoms with E-state index in [1.54, 1.807) is 12.3 Å². The van der Waals surface area contributed by atoms with Crippen molar-refractivity contribution in [1.82, 2.24) is 15.1 Å². The molecule has 0 bridgehead atoms. The lowest BCUT2D eigenvalue weighted by molar-refractivity contribution is 0.0722. The number of nitrogens with zero attached hydrogens (tertiary/aromatic N) is 6. The van der Waals surface area contributed by atoms with Gasteiger partial charge in [-0.3, -0.25) is 4.79 Å². The molecule has 3 heterocycles. The van der Waals surface area contributed by atoms with Crippen molar-refractivity contribution >= 4 is 17.4 Å². The number of carbonyl (C=O) groups excluding carboxylic acids is 1. The van der Waals surface area contributed by atoms with E-state index in [4.69, 9.17) is 5.73 Å². The maximum absolute atomic E-state index is 14.0. The second kappa shape index (κ2) is 12.2. The Morgan fingerprint density at radius 1 is 1.10 bits per heavy atom. The van der Waals surface area contributed by atoms with E-state index in [0.29, 0.717) is 37.7 Å². The second-order valence-electron chi connectivity index (χ2n) is 11.3. The molecule has 0 saturated carbocycles. The number of anilines is 2. The first-order chi connectivity index (χ1) is 19.8. The Bertz CT molecular complexity index is 1450. The summed E-state index contributed by atoms with van der Waals surface area (Å²) in [5, 5.41) is 17.7. The highest BCUT2D eigenvalue weighted by atomic mass is 19.1. The van der Waals surface area contributed by atoms with Gasteiger partial charge in [-0.2, -0.15) is 10.4 Å². The van der Waals surface area contributed by atoms with E-state index >= 15 is 0 Å². The van der Waals surface area contributed by atoms with Crippen LogP contribution in [0.2, 0.25) is 0 Å². The van der Waals surface area contributed by atoms with Gasteiger partial charge in [-0.25, -0.2) is 4.39 Å². The minimum atomic E-state index is -0.387. The van der Waals surface area contributed by atoms with Gasteiger partial charge in [0, 0.05) is 51.0 Å². The average Bonchev–Trinajstić information content (AvgIpc) is 2.99. The number of carbonyl (C=O) groups is 1. The number of hydrogen-bond donors (Lipinski definition) is 1. The van der Waals surface area contributed by atoms with Crippen molar-refractivity contribution in [3.63, 3.8) is 0 Å². The first-order valence-electron chi connectivity index (χ1n) is 14.4. The fourth-order valence-electron chi connectivity index (χ4n) is 6.56. The summed E-state index contributed by atoms with van der Waals surface area (Å²) < 4.78 is 13.6. The van der Waals surface area contributed by atoms with Crippen molar-refractivity contribution < 1.29 is 9.18 Å². The zero-order valence-electron chi connectivity index (χ0n) is 24.1. The number of benzene rings is 2. The number of rotatable bonds is 6. The maximum atomic E-state index is 14.0. The summed E-state index contributed by atoms with van der Waals surface area (Å²) in [6, 6.07) is 12.5. The molecule has 2 aliphatic heterocycles. The zero-order valence-corrected chi connectivity index (χ0v) is 24.1. The van der Waals surface area contributed by atoms with E-state index in [1.807, 2.05) is 24.0 Å². The van der Waals surface area contributed by atoms with E-state index in [2.05, 4.69) is 46.0 Å². The Morgan fingerprint density at radius 3 is 2.56 bits per heavy atom. The van der Waals surface area contributed by atoms with Crippen LogP contribution >= 0.6 is 0 Å². The van der Waals surface area contributed by atoms with Crippen molar-refractivity contribution in [3.8, 4) is 6.07 Å². The normalized spacial score (nSPS) is 18.0. The van der Waals surface area contributed by atoms with Gasteiger partial charge in [0.2, 0.25) is 0 Å². The summed E-state index contributed by atoms with van der Waals surface area (Å²) in [6.07, 6.45) is 4.51. The van der Waals surface area contributed by atoms with Gasteiger partial charge in [-0.1, -0.05) is 6.07 Å². The highest BCUT2D eigenvalue weighted by Crippen LogP contribution is 2.32. The highest BCUT2D eigenvalue weighted by molar-refractivity contribution is 5.97. The Kier molecular flexibility index (Phi) is 8.50. The molecule has 0 spiro atoms. The van der Waals surface area contributed by atoms with E-state index in [0.717, 1.165) is 60.5 Å². The molecule has 0 aliphatic carbocycles. The fraction of sp³-hybridized carbons (Fsp3) is 0.438. The minimum absolute atomic E-state index is 0.0252. The van der Waals surface area contributed by atoms with Gasteiger partial charge in [0.15, 0.2) is 5.82 Å². The summed E-state index contributed by atoms with van der Waals surface area (Å²) in [6.45, 7) is 10.1. The number of piperidine rings is 1. The molecule has 41 heavy (non-hydrogen) atoms. The molecular formula is C32H38FN7O. The number of aryl methyl sites for hydroxylation is 2. The molecule has 0 unspecified atom stereocenters. The minimum Gasteiger partial charge on any atom is -0.370 e. The quantitative estimate of drug-likeness (QED) is 0.487. The van der Waals surface area contributed by atoms with Crippen molar-refractivity contribution in [2.24, 2.45) is 11.7 Å².